The Morgan fingerprint density at radius 2 is 2.06 bits per heavy atom. The number of nitrogens with zero attached hydrogens (tertiary/aromatic N) is 5. The van der Waals surface area contributed by atoms with Crippen molar-refractivity contribution in [2.75, 3.05) is 0 Å². The fourth-order valence-corrected chi connectivity index (χ4v) is 4.24. The summed E-state index contributed by atoms with van der Waals surface area (Å²) in [5.41, 5.74) is -0.742. The number of thiophene rings is 1. The number of halogens is 2. The van der Waals surface area contributed by atoms with E-state index in [1.165, 1.54) is 10.6 Å². The zero-order valence-corrected chi connectivity index (χ0v) is 17.8. The van der Waals surface area contributed by atoms with Gasteiger partial charge < -0.3 is 4.74 Å². The molecule has 0 aliphatic rings. The minimum atomic E-state index is -3.11. The number of fused-ring (bicyclic) bond motifs is 1. The molecule has 0 aliphatic carbocycles. The Bertz CT molecular complexity index is 1480. The van der Waals surface area contributed by atoms with Gasteiger partial charge in [0.1, 0.15) is 10.4 Å². The molecule has 0 aromatic carbocycles. The molecule has 11 heteroatoms. The van der Waals surface area contributed by atoms with Crippen LogP contribution in [-0.2, 0) is 6.54 Å². The predicted molar refractivity (Wildman–Crippen MR) is 119 cm³/mol. The van der Waals surface area contributed by atoms with E-state index in [0.717, 1.165) is 34.4 Å². The molecule has 0 saturated heterocycles. The van der Waals surface area contributed by atoms with Gasteiger partial charge in [-0.2, -0.15) is 19.3 Å². The third-order valence-corrected chi connectivity index (χ3v) is 5.61. The largest absolute Gasteiger partial charge is 0.433 e. The zero-order valence-electron chi connectivity index (χ0n) is 17.0. The summed E-state index contributed by atoms with van der Waals surface area (Å²) in [4.78, 5) is 30.8. The normalized spacial score (nSPS) is 11.2. The van der Waals surface area contributed by atoms with Crippen LogP contribution < -0.4 is 16.0 Å². The molecule has 0 saturated carbocycles. The second-order valence-corrected chi connectivity index (χ2v) is 7.52. The lowest BCUT2D eigenvalue weighted by Gasteiger charge is -2.11. The lowest BCUT2D eigenvalue weighted by atomic mass is 10.1. The molecule has 3 aromatic heterocycles. The van der Waals surface area contributed by atoms with Crippen molar-refractivity contribution in [2.45, 2.75) is 19.6 Å². The predicted octanol–water partition coefficient (Wildman–Crippen LogP) is 3.77. The van der Waals surface area contributed by atoms with Gasteiger partial charge in [-0.05, 0) is 6.07 Å². The monoisotopic (exact) mass is 467 g/mol. The van der Waals surface area contributed by atoms with Gasteiger partial charge in [0.05, 0.1) is 47.7 Å². The van der Waals surface area contributed by atoms with Crippen LogP contribution in [0, 0.1) is 22.7 Å². The number of rotatable bonds is 8. The van der Waals surface area contributed by atoms with Crippen molar-refractivity contribution < 1.29 is 13.5 Å². The molecule has 0 radical (unpaired) electrons. The van der Waals surface area contributed by atoms with Crippen LogP contribution in [-0.4, -0.2) is 20.7 Å². The highest BCUT2D eigenvalue weighted by molar-refractivity contribution is 7.20. The maximum absolute atomic E-state index is 13.3. The summed E-state index contributed by atoms with van der Waals surface area (Å²) in [5.74, 6) is -0.328. The van der Waals surface area contributed by atoms with Crippen molar-refractivity contribution in [2.24, 2.45) is 0 Å². The number of ether oxygens (including phenoxy) is 1. The number of pyridine rings is 1. The maximum Gasteiger partial charge on any atom is 0.387 e. The molecule has 33 heavy (non-hydrogen) atoms. The Morgan fingerprint density at radius 3 is 2.70 bits per heavy atom. The Hall–Kier alpha value is -4.35. The molecule has 8 nitrogen and oxygen atoms in total. The SMILES string of the molecule is C=C/C=C(\C(=C)C#N)c1cc2c(s1)c(=O)n(-c1cncc(OC(F)F)c1)c(=O)n2CCC#N. The maximum atomic E-state index is 13.3. The second kappa shape index (κ2) is 9.85. The van der Waals surface area contributed by atoms with Crippen LogP contribution in [0.2, 0.25) is 0 Å². The molecule has 166 valence electrons. The highest BCUT2D eigenvalue weighted by Crippen LogP contribution is 2.32. The number of allylic oxidation sites excluding steroid dienone is 4. The van der Waals surface area contributed by atoms with E-state index >= 15 is 0 Å². The van der Waals surface area contributed by atoms with E-state index in [1.807, 2.05) is 12.1 Å². The highest BCUT2D eigenvalue weighted by Gasteiger charge is 2.20. The fourth-order valence-electron chi connectivity index (χ4n) is 3.09. The Morgan fingerprint density at radius 1 is 1.30 bits per heavy atom. The first-order chi connectivity index (χ1) is 15.8. The molecule has 0 aliphatic heterocycles. The number of alkyl halides is 2. The topological polar surface area (TPSA) is 114 Å². The van der Waals surface area contributed by atoms with Crippen LogP contribution in [0.15, 0.2) is 65.0 Å². The minimum absolute atomic E-state index is 0.0224. The van der Waals surface area contributed by atoms with E-state index in [-0.39, 0.29) is 40.2 Å². The summed E-state index contributed by atoms with van der Waals surface area (Å²) in [6, 6.07) is 6.55. The van der Waals surface area contributed by atoms with Gasteiger partial charge in [0.25, 0.3) is 5.56 Å². The van der Waals surface area contributed by atoms with Gasteiger partial charge in [0.15, 0.2) is 0 Å². The standard InChI is InChI=1S/C22H15F2N5O3S/c1-3-5-16(13(2)10-26)18-9-17-19(33-18)20(30)29(22(31)28(17)7-4-6-25)14-8-15(12-27-11-14)32-21(23)24/h3,5,8-9,11-12,21H,1-2,4,7H2/b16-5+. The van der Waals surface area contributed by atoms with Crippen molar-refractivity contribution >= 4 is 27.1 Å². The Labute approximate surface area is 189 Å². The summed E-state index contributed by atoms with van der Waals surface area (Å²) in [5, 5.41) is 18.3. The van der Waals surface area contributed by atoms with E-state index in [2.05, 4.69) is 22.9 Å². The van der Waals surface area contributed by atoms with Gasteiger partial charge in [0, 0.05) is 23.1 Å². The van der Waals surface area contributed by atoms with Gasteiger partial charge in [-0.15, -0.1) is 11.3 Å². The highest BCUT2D eigenvalue weighted by atomic mass is 32.1. The van der Waals surface area contributed by atoms with Crippen molar-refractivity contribution in [1.29, 1.82) is 10.5 Å². The fraction of sp³-hybridized carbons (Fsp3) is 0.136. The minimum Gasteiger partial charge on any atom is -0.433 e. The summed E-state index contributed by atoms with van der Waals surface area (Å²) in [6.45, 7) is 4.18. The van der Waals surface area contributed by atoms with Crippen LogP contribution in [0.1, 0.15) is 11.3 Å². The average molecular weight is 467 g/mol. The molecular formula is C22H15F2N5O3S. The van der Waals surface area contributed by atoms with Crippen molar-refractivity contribution in [3.63, 3.8) is 0 Å². The lowest BCUT2D eigenvalue weighted by Crippen LogP contribution is -2.38. The molecule has 3 aromatic rings. The van der Waals surface area contributed by atoms with Crippen molar-refractivity contribution in [3.05, 3.63) is 81.1 Å². The number of hydrogen-bond donors (Lipinski definition) is 0. The van der Waals surface area contributed by atoms with Crippen LogP contribution in [0.4, 0.5) is 8.78 Å². The molecule has 0 unspecified atom stereocenters. The third kappa shape index (κ3) is 4.63. The molecule has 0 amide bonds. The smallest absolute Gasteiger partial charge is 0.387 e. The van der Waals surface area contributed by atoms with Gasteiger partial charge >= 0.3 is 12.3 Å². The van der Waals surface area contributed by atoms with Gasteiger partial charge in [-0.1, -0.05) is 25.3 Å². The van der Waals surface area contributed by atoms with E-state index in [1.54, 1.807) is 12.1 Å². The van der Waals surface area contributed by atoms with E-state index in [9.17, 15) is 23.6 Å². The van der Waals surface area contributed by atoms with E-state index < -0.39 is 17.9 Å². The molecule has 0 spiro atoms. The molecule has 0 atom stereocenters. The van der Waals surface area contributed by atoms with Gasteiger partial charge in [-0.3, -0.25) is 14.3 Å². The number of aromatic nitrogens is 3. The first-order valence-electron chi connectivity index (χ1n) is 9.31. The van der Waals surface area contributed by atoms with Gasteiger partial charge in [0.2, 0.25) is 0 Å². The van der Waals surface area contributed by atoms with E-state index in [4.69, 9.17) is 5.26 Å². The van der Waals surface area contributed by atoms with Crippen LogP contribution >= 0.6 is 11.3 Å². The second-order valence-electron chi connectivity index (χ2n) is 6.47. The molecule has 0 N–H and O–H groups in total. The number of nitriles is 2. The van der Waals surface area contributed by atoms with Crippen LogP contribution in [0.25, 0.3) is 21.5 Å². The quantitative estimate of drug-likeness (QED) is 0.368. The Kier molecular flexibility index (Phi) is 6.96. The van der Waals surface area contributed by atoms with Crippen molar-refractivity contribution in [1.82, 2.24) is 14.1 Å². The van der Waals surface area contributed by atoms with Crippen molar-refractivity contribution in [3.8, 4) is 23.6 Å². The summed E-state index contributed by atoms with van der Waals surface area (Å²) in [6.07, 6.45) is 5.18. The molecule has 0 bridgehead atoms. The molecule has 0 fully saturated rings. The summed E-state index contributed by atoms with van der Waals surface area (Å²) < 4.78 is 31.7. The average Bonchev–Trinajstić information content (AvgIpc) is 3.22. The molecule has 3 rings (SSSR count). The number of aryl methyl sites for hydroxylation is 1. The van der Waals surface area contributed by atoms with Crippen LogP contribution in [0.3, 0.4) is 0 Å². The summed E-state index contributed by atoms with van der Waals surface area (Å²) in [7, 11) is 0. The Balaban J connectivity index is 2.35. The van der Waals surface area contributed by atoms with E-state index in [0.29, 0.717) is 10.5 Å². The molecular weight excluding hydrogens is 452 g/mol. The number of hydrogen-bond acceptors (Lipinski definition) is 7. The lowest BCUT2D eigenvalue weighted by molar-refractivity contribution is -0.0500. The molecule has 3 heterocycles. The van der Waals surface area contributed by atoms with Gasteiger partial charge in [-0.25, -0.2) is 9.36 Å². The zero-order chi connectivity index (χ0) is 24.1. The first kappa shape index (κ1) is 23.3. The summed E-state index contributed by atoms with van der Waals surface area (Å²) >= 11 is 1.02. The third-order valence-electron chi connectivity index (χ3n) is 4.46. The first-order valence-corrected chi connectivity index (χ1v) is 10.1. The van der Waals surface area contributed by atoms with Crippen LogP contribution in [0.5, 0.6) is 5.75 Å².